The van der Waals surface area contributed by atoms with Crippen LogP contribution >= 0.6 is 0 Å². The van der Waals surface area contributed by atoms with Crippen molar-refractivity contribution in [3.05, 3.63) is 36.0 Å². The fraction of sp³-hybridized carbons (Fsp3) is 0.455. The van der Waals surface area contributed by atoms with E-state index in [0.29, 0.717) is 6.04 Å². The monoisotopic (exact) mass is 220 g/mol. The lowest BCUT2D eigenvalue weighted by atomic mass is 10.3. The van der Waals surface area contributed by atoms with Crippen molar-refractivity contribution in [2.45, 2.75) is 33.0 Å². The molecule has 0 aliphatic heterocycles. The first-order valence-electron chi connectivity index (χ1n) is 5.37. The average Bonchev–Trinajstić information content (AvgIpc) is 2.87. The number of nitrogens with zero attached hydrogens (tertiary/aromatic N) is 3. The molecule has 0 amide bonds. The molecule has 2 heterocycles. The maximum atomic E-state index is 5.00. The SMILES string of the molecule is Cc1cc(CNC(C)Cn2cccn2)no1. The van der Waals surface area contributed by atoms with Gasteiger partial charge in [-0.15, -0.1) is 0 Å². The van der Waals surface area contributed by atoms with E-state index in [1.165, 1.54) is 0 Å². The van der Waals surface area contributed by atoms with Gasteiger partial charge in [0.15, 0.2) is 0 Å². The highest BCUT2D eigenvalue weighted by Gasteiger charge is 2.05. The molecule has 16 heavy (non-hydrogen) atoms. The summed E-state index contributed by atoms with van der Waals surface area (Å²) in [5.41, 5.74) is 0.935. The van der Waals surface area contributed by atoms with Gasteiger partial charge in [-0.1, -0.05) is 5.16 Å². The Balaban J connectivity index is 1.77. The summed E-state index contributed by atoms with van der Waals surface area (Å²) in [7, 11) is 0. The highest BCUT2D eigenvalue weighted by molar-refractivity contribution is 5.03. The fourth-order valence-electron chi connectivity index (χ4n) is 1.53. The van der Waals surface area contributed by atoms with Crippen LogP contribution in [-0.2, 0) is 13.1 Å². The van der Waals surface area contributed by atoms with Gasteiger partial charge in [0.25, 0.3) is 0 Å². The highest BCUT2D eigenvalue weighted by atomic mass is 16.5. The molecule has 0 saturated carbocycles. The van der Waals surface area contributed by atoms with Gasteiger partial charge in [0.2, 0.25) is 0 Å². The van der Waals surface area contributed by atoms with Crippen LogP contribution in [0, 0.1) is 6.92 Å². The van der Waals surface area contributed by atoms with E-state index in [4.69, 9.17) is 4.52 Å². The number of aromatic nitrogens is 3. The van der Waals surface area contributed by atoms with E-state index in [0.717, 1.165) is 24.5 Å². The zero-order valence-corrected chi connectivity index (χ0v) is 9.55. The Labute approximate surface area is 94.4 Å². The zero-order chi connectivity index (χ0) is 11.4. The molecule has 0 radical (unpaired) electrons. The molecule has 0 saturated heterocycles. The lowest BCUT2D eigenvalue weighted by Crippen LogP contribution is -2.30. The van der Waals surface area contributed by atoms with Crippen LogP contribution in [0.25, 0.3) is 0 Å². The average molecular weight is 220 g/mol. The third-order valence-corrected chi connectivity index (χ3v) is 2.33. The Morgan fingerprint density at radius 1 is 1.56 bits per heavy atom. The van der Waals surface area contributed by atoms with Crippen molar-refractivity contribution in [3.8, 4) is 0 Å². The van der Waals surface area contributed by atoms with Gasteiger partial charge in [-0.2, -0.15) is 5.10 Å². The predicted molar refractivity (Wildman–Crippen MR) is 59.8 cm³/mol. The van der Waals surface area contributed by atoms with E-state index in [9.17, 15) is 0 Å². The zero-order valence-electron chi connectivity index (χ0n) is 9.55. The maximum absolute atomic E-state index is 5.00. The molecule has 0 bridgehead atoms. The molecule has 0 aromatic carbocycles. The van der Waals surface area contributed by atoms with E-state index in [1.807, 2.05) is 29.9 Å². The first kappa shape index (κ1) is 10.9. The van der Waals surface area contributed by atoms with E-state index in [1.54, 1.807) is 6.20 Å². The third kappa shape index (κ3) is 2.93. The number of rotatable bonds is 5. The number of nitrogens with one attached hydrogen (secondary N) is 1. The molecule has 5 nitrogen and oxygen atoms in total. The largest absolute Gasteiger partial charge is 0.361 e. The summed E-state index contributed by atoms with van der Waals surface area (Å²) in [5, 5.41) is 11.4. The summed E-state index contributed by atoms with van der Waals surface area (Å²) in [4.78, 5) is 0. The molecule has 1 unspecified atom stereocenters. The summed E-state index contributed by atoms with van der Waals surface area (Å²) in [6, 6.07) is 4.21. The molecule has 2 aromatic rings. The minimum absolute atomic E-state index is 0.344. The maximum Gasteiger partial charge on any atom is 0.133 e. The van der Waals surface area contributed by atoms with Gasteiger partial charge in [0.1, 0.15) is 5.76 Å². The Morgan fingerprint density at radius 2 is 2.44 bits per heavy atom. The molecule has 2 aromatic heterocycles. The number of hydrogen-bond acceptors (Lipinski definition) is 4. The van der Waals surface area contributed by atoms with Crippen LogP contribution in [0.15, 0.2) is 29.0 Å². The second-order valence-corrected chi connectivity index (χ2v) is 3.94. The third-order valence-electron chi connectivity index (χ3n) is 2.33. The molecular formula is C11H16N4O. The van der Waals surface area contributed by atoms with Crippen LogP contribution in [0.3, 0.4) is 0 Å². The van der Waals surface area contributed by atoms with Crippen LogP contribution in [-0.4, -0.2) is 21.0 Å². The normalized spacial score (nSPS) is 12.9. The summed E-state index contributed by atoms with van der Waals surface area (Å²) >= 11 is 0. The topological polar surface area (TPSA) is 55.9 Å². The Bertz CT molecular complexity index is 421. The van der Waals surface area contributed by atoms with E-state index in [-0.39, 0.29) is 0 Å². The van der Waals surface area contributed by atoms with Crippen molar-refractivity contribution in [1.29, 1.82) is 0 Å². The van der Waals surface area contributed by atoms with Crippen LogP contribution in [0.5, 0.6) is 0 Å². The smallest absolute Gasteiger partial charge is 0.133 e. The van der Waals surface area contributed by atoms with Gasteiger partial charge in [0.05, 0.1) is 12.2 Å². The Kier molecular flexibility index (Phi) is 3.36. The standard InChI is InChI=1S/C11H16N4O/c1-9(8-15-5-3-4-13-15)12-7-11-6-10(2)16-14-11/h3-6,9,12H,7-8H2,1-2H3. The molecular weight excluding hydrogens is 204 g/mol. The highest BCUT2D eigenvalue weighted by Crippen LogP contribution is 2.01. The minimum atomic E-state index is 0.344. The van der Waals surface area contributed by atoms with Crippen LogP contribution < -0.4 is 5.32 Å². The fourth-order valence-corrected chi connectivity index (χ4v) is 1.53. The van der Waals surface area contributed by atoms with Gasteiger partial charge in [-0.05, 0) is 19.9 Å². The summed E-state index contributed by atoms with van der Waals surface area (Å²) in [6.45, 7) is 5.59. The second kappa shape index (κ2) is 4.94. The van der Waals surface area contributed by atoms with Gasteiger partial charge in [-0.25, -0.2) is 0 Å². The lowest BCUT2D eigenvalue weighted by molar-refractivity contribution is 0.382. The van der Waals surface area contributed by atoms with Gasteiger partial charge >= 0.3 is 0 Å². The van der Waals surface area contributed by atoms with Crippen LogP contribution in [0.2, 0.25) is 0 Å². The van der Waals surface area contributed by atoms with Crippen molar-refractivity contribution in [3.63, 3.8) is 0 Å². The quantitative estimate of drug-likeness (QED) is 0.826. The van der Waals surface area contributed by atoms with Crippen molar-refractivity contribution in [2.75, 3.05) is 0 Å². The number of hydrogen-bond donors (Lipinski definition) is 1. The van der Waals surface area contributed by atoms with E-state index >= 15 is 0 Å². The second-order valence-electron chi connectivity index (χ2n) is 3.94. The molecule has 2 rings (SSSR count). The summed E-state index contributed by atoms with van der Waals surface area (Å²) in [6.07, 6.45) is 3.74. The molecule has 0 fully saturated rings. The van der Waals surface area contributed by atoms with Crippen molar-refractivity contribution in [1.82, 2.24) is 20.3 Å². The van der Waals surface area contributed by atoms with E-state index < -0.39 is 0 Å². The number of aryl methyl sites for hydroxylation is 1. The molecule has 86 valence electrons. The van der Waals surface area contributed by atoms with Gasteiger partial charge < -0.3 is 9.84 Å². The van der Waals surface area contributed by atoms with Crippen molar-refractivity contribution < 1.29 is 4.52 Å². The molecule has 0 aliphatic carbocycles. The van der Waals surface area contributed by atoms with Crippen molar-refractivity contribution >= 4 is 0 Å². The Hall–Kier alpha value is -1.62. The minimum Gasteiger partial charge on any atom is -0.361 e. The summed E-state index contributed by atoms with van der Waals surface area (Å²) in [5.74, 6) is 0.844. The molecule has 0 spiro atoms. The lowest BCUT2D eigenvalue weighted by Gasteiger charge is -2.12. The van der Waals surface area contributed by atoms with Crippen LogP contribution in [0.4, 0.5) is 0 Å². The Morgan fingerprint density at radius 3 is 3.06 bits per heavy atom. The van der Waals surface area contributed by atoms with E-state index in [2.05, 4.69) is 22.5 Å². The molecule has 1 N–H and O–H groups in total. The first-order valence-corrected chi connectivity index (χ1v) is 5.37. The van der Waals surface area contributed by atoms with Crippen LogP contribution in [0.1, 0.15) is 18.4 Å². The summed E-state index contributed by atoms with van der Waals surface area (Å²) < 4.78 is 6.90. The van der Waals surface area contributed by atoms with Gasteiger partial charge in [-0.3, -0.25) is 4.68 Å². The van der Waals surface area contributed by atoms with Crippen molar-refractivity contribution in [2.24, 2.45) is 0 Å². The predicted octanol–water partition coefficient (Wildman–Crippen LogP) is 1.36. The first-order chi connectivity index (χ1) is 7.74. The molecule has 0 aliphatic rings. The molecule has 5 heteroatoms. The molecule has 1 atom stereocenters. The van der Waals surface area contributed by atoms with Gasteiger partial charge in [0, 0.05) is 31.0 Å².